The van der Waals surface area contributed by atoms with Gasteiger partial charge in [-0.05, 0) is 40.0 Å². The number of hydrogen-bond donors (Lipinski definition) is 1. The van der Waals surface area contributed by atoms with Crippen molar-refractivity contribution in [1.29, 1.82) is 0 Å². The molecule has 1 unspecified atom stereocenters. The van der Waals surface area contributed by atoms with Crippen LogP contribution in [0.15, 0.2) is 0 Å². The molecule has 0 fully saturated rings. The summed E-state index contributed by atoms with van der Waals surface area (Å²) in [5, 5.41) is 13.7. The molecule has 0 aromatic carbocycles. The highest BCUT2D eigenvalue weighted by Crippen LogP contribution is 2.42. The van der Waals surface area contributed by atoms with Crippen molar-refractivity contribution in [1.82, 2.24) is 14.7 Å². The van der Waals surface area contributed by atoms with E-state index < -0.39 is 30.0 Å². The summed E-state index contributed by atoms with van der Waals surface area (Å²) >= 11 is 0. The van der Waals surface area contributed by atoms with Gasteiger partial charge in [0.25, 0.3) is 5.92 Å². The number of aromatic nitrogens is 2. The number of alkyl halides is 2. The van der Waals surface area contributed by atoms with E-state index in [0.717, 1.165) is 0 Å². The van der Waals surface area contributed by atoms with Crippen molar-refractivity contribution in [2.75, 3.05) is 6.61 Å². The largest absolute Gasteiger partial charge is 0.444 e. The second kappa shape index (κ2) is 6.48. The first-order chi connectivity index (χ1) is 12.0. The molecule has 146 valence electrons. The van der Waals surface area contributed by atoms with Crippen LogP contribution >= 0.6 is 0 Å². The van der Waals surface area contributed by atoms with Crippen molar-refractivity contribution >= 4 is 6.09 Å². The van der Waals surface area contributed by atoms with Crippen molar-refractivity contribution in [3.05, 3.63) is 17.0 Å². The van der Waals surface area contributed by atoms with Crippen LogP contribution in [0.25, 0.3) is 0 Å². The molecule has 0 bridgehead atoms. The van der Waals surface area contributed by atoms with Gasteiger partial charge in [0.05, 0.1) is 12.2 Å². The molecule has 1 N–H and O–H groups in total. The van der Waals surface area contributed by atoms with Crippen LogP contribution in [-0.2, 0) is 30.2 Å². The molecule has 0 saturated carbocycles. The van der Waals surface area contributed by atoms with E-state index in [-0.39, 0.29) is 24.9 Å². The molecular weight excluding hydrogens is 344 g/mol. The first kappa shape index (κ1) is 19.1. The Hall–Kier alpha value is -1.70. The molecule has 8 heteroatoms. The lowest BCUT2D eigenvalue weighted by atomic mass is 9.93. The Kier molecular flexibility index (Phi) is 4.75. The molecular formula is C18H27F2N3O3. The Bertz CT molecular complexity index is 697. The third-order valence-electron chi connectivity index (χ3n) is 5.01. The summed E-state index contributed by atoms with van der Waals surface area (Å²) in [6, 6.07) is -0.171. The fourth-order valence-corrected chi connectivity index (χ4v) is 3.75. The molecule has 2 aliphatic rings. The molecule has 1 amide bonds. The van der Waals surface area contributed by atoms with Crippen LogP contribution in [-0.4, -0.2) is 44.1 Å². The van der Waals surface area contributed by atoms with Gasteiger partial charge in [-0.3, -0.25) is 4.68 Å². The second-order valence-corrected chi connectivity index (χ2v) is 8.40. The van der Waals surface area contributed by atoms with Crippen LogP contribution in [0.5, 0.6) is 0 Å². The second-order valence-electron chi connectivity index (χ2n) is 8.40. The van der Waals surface area contributed by atoms with Gasteiger partial charge >= 0.3 is 6.09 Å². The fraction of sp³-hybridized carbons (Fsp3) is 0.778. The average molecular weight is 371 g/mol. The predicted octanol–water partition coefficient (Wildman–Crippen LogP) is 3.06. The summed E-state index contributed by atoms with van der Waals surface area (Å²) in [6.07, 6.45) is -0.0105. The van der Waals surface area contributed by atoms with E-state index in [1.165, 1.54) is 9.58 Å². The summed E-state index contributed by atoms with van der Waals surface area (Å²) in [6.45, 7) is 7.37. The van der Waals surface area contributed by atoms with Crippen LogP contribution in [0.1, 0.15) is 57.5 Å². The van der Waals surface area contributed by atoms with Crippen LogP contribution in [0.2, 0.25) is 0 Å². The number of amides is 1. The number of ether oxygens (including phenoxy) is 1. The molecule has 1 aromatic rings. The lowest BCUT2D eigenvalue weighted by Crippen LogP contribution is -2.45. The highest BCUT2D eigenvalue weighted by molar-refractivity contribution is 5.69. The molecule has 2 atom stereocenters. The van der Waals surface area contributed by atoms with Gasteiger partial charge in [0.15, 0.2) is 0 Å². The number of rotatable bonds is 1. The van der Waals surface area contributed by atoms with Crippen molar-refractivity contribution < 1.29 is 23.4 Å². The number of carbonyl (C=O) groups excluding carboxylic acids is 1. The van der Waals surface area contributed by atoms with Crippen molar-refractivity contribution in [2.45, 2.75) is 77.6 Å². The third-order valence-corrected chi connectivity index (χ3v) is 5.01. The zero-order chi connectivity index (χ0) is 19.3. The van der Waals surface area contributed by atoms with E-state index in [0.29, 0.717) is 30.6 Å². The Morgan fingerprint density at radius 2 is 2.12 bits per heavy atom. The van der Waals surface area contributed by atoms with Crippen molar-refractivity contribution in [3.8, 4) is 0 Å². The van der Waals surface area contributed by atoms with Crippen LogP contribution in [0.4, 0.5) is 13.6 Å². The van der Waals surface area contributed by atoms with Gasteiger partial charge in [-0.2, -0.15) is 13.9 Å². The molecule has 0 aliphatic carbocycles. The zero-order valence-electron chi connectivity index (χ0n) is 15.8. The van der Waals surface area contributed by atoms with Crippen LogP contribution < -0.4 is 0 Å². The van der Waals surface area contributed by atoms with Gasteiger partial charge in [0.2, 0.25) is 0 Å². The summed E-state index contributed by atoms with van der Waals surface area (Å²) in [5.74, 6) is -3.53. The SMILES string of the molecule is C[C@@H]1Cc2nn3c(c2CN1C(=O)OC(C)(C)C)C(F)(F)CC(CO)CC3. The standard InChI is InChI=1S/C18H27F2N3O3/c1-11-7-14-13(9-22(11)16(25)26-17(2,3)4)15-18(19,20)8-12(10-24)5-6-23(15)21-14/h11-12,24H,5-10H2,1-4H3/t11-,12?/m1/s1. The maximum atomic E-state index is 14.9. The maximum absolute atomic E-state index is 14.9. The minimum Gasteiger partial charge on any atom is -0.444 e. The van der Waals surface area contributed by atoms with E-state index in [2.05, 4.69) is 5.10 Å². The van der Waals surface area contributed by atoms with E-state index in [4.69, 9.17) is 4.74 Å². The predicted molar refractivity (Wildman–Crippen MR) is 90.9 cm³/mol. The van der Waals surface area contributed by atoms with E-state index in [1.807, 2.05) is 6.92 Å². The van der Waals surface area contributed by atoms with Crippen LogP contribution in [0.3, 0.4) is 0 Å². The topological polar surface area (TPSA) is 67.6 Å². The monoisotopic (exact) mass is 371 g/mol. The molecule has 3 rings (SSSR count). The highest BCUT2D eigenvalue weighted by atomic mass is 19.3. The zero-order valence-corrected chi connectivity index (χ0v) is 15.8. The Morgan fingerprint density at radius 3 is 2.73 bits per heavy atom. The minimum atomic E-state index is -3.08. The number of fused-ring (bicyclic) bond motifs is 3. The number of halogens is 2. The summed E-state index contributed by atoms with van der Waals surface area (Å²) in [5.41, 5.74) is 0.307. The lowest BCUT2D eigenvalue weighted by Gasteiger charge is -2.35. The van der Waals surface area contributed by atoms with Gasteiger partial charge in [-0.25, -0.2) is 4.79 Å². The maximum Gasteiger partial charge on any atom is 0.410 e. The molecule has 2 aliphatic heterocycles. The lowest BCUT2D eigenvalue weighted by molar-refractivity contribution is -0.0392. The third kappa shape index (κ3) is 3.56. The number of nitrogens with zero attached hydrogens (tertiary/aromatic N) is 3. The summed E-state index contributed by atoms with van der Waals surface area (Å²) in [4.78, 5) is 14.0. The van der Waals surface area contributed by atoms with Gasteiger partial charge in [0, 0.05) is 37.6 Å². The van der Waals surface area contributed by atoms with Gasteiger partial charge < -0.3 is 14.7 Å². The summed E-state index contributed by atoms with van der Waals surface area (Å²) in [7, 11) is 0. The van der Waals surface area contributed by atoms with Gasteiger partial charge in [-0.1, -0.05) is 0 Å². The first-order valence-corrected chi connectivity index (χ1v) is 9.09. The number of aliphatic hydroxyl groups excluding tert-OH is 1. The number of aliphatic hydroxyl groups is 1. The van der Waals surface area contributed by atoms with E-state index in [9.17, 15) is 18.7 Å². The normalized spacial score (nSPS) is 25.3. The molecule has 0 spiro atoms. The molecule has 26 heavy (non-hydrogen) atoms. The Labute approximate surface area is 152 Å². The van der Waals surface area contributed by atoms with E-state index >= 15 is 0 Å². The molecule has 0 saturated heterocycles. The molecule has 3 heterocycles. The van der Waals surface area contributed by atoms with Crippen molar-refractivity contribution in [2.24, 2.45) is 5.92 Å². The molecule has 6 nitrogen and oxygen atoms in total. The number of hydrogen-bond acceptors (Lipinski definition) is 4. The van der Waals surface area contributed by atoms with Gasteiger partial charge in [0.1, 0.15) is 11.3 Å². The summed E-state index contributed by atoms with van der Waals surface area (Å²) < 4.78 is 36.6. The van der Waals surface area contributed by atoms with E-state index in [1.54, 1.807) is 20.8 Å². The van der Waals surface area contributed by atoms with Gasteiger partial charge in [-0.15, -0.1) is 0 Å². The molecule has 1 aromatic heterocycles. The number of aryl methyl sites for hydroxylation is 1. The molecule has 0 radical (unpaired) electrons. The quantitative estimate of drug-likeness (QED) is 0.824. The highest BCUT2D eigenvalue weighted by Gasteiger charge is 2.45. The number of carbonyl (C=O) groups is 1. The fourth-order valence-electron chi connectivity index (χ4n) is 3.75. The Morgan fingerprint density at radius 1 is 1.42 bits per heavy atom. The smallest absolute Gasteiger partial charge is 0.410 e. The van der Waals surface area contributed by atoms with Crippen molar-refractivity contribution in [3.63, 3.8) is 0 Å². The average Bonchev–Trinajstić information content (AvgIpc) is 2.80. The first-order valence-electron chi connectivity index (χ1n) is 9.09. The minimum absolute atomic E-state index is 0.0696. The Balaban J connectivity index is 1.93. The van der Waals surface area contributed by atoms with Crippen LogP contribution in [0, 0.1) is 5.92 Å².